The van der Waals surface area contributed by atoms with Crippen molar-refractivity contribution in [2.45, 2.75) is 25.2 Å². The maximum Gasteiger partial charge on any atom is 0.245 e. The van der Waals surface area contributed by atoms with E-state index in [1.807, 2.05) is 0 Å². The highest BCUT2D eigenvalue weighted by molar-refractivity contribution is 7.89. The molecule has 0 aromatic heterocycles. The van der Waals surface area contributed by atoms with Gasteiger partial charge in [-0.1, -0.05) is 25.4 Å². The fourth-order valence-corrected chi connectivity index (χ4v) is 4.20. The Morgan fingerprint density at radius 3 is 2.63 bits per heavy atom. The standard InChI is InChI=1S/C13H19ClN2O2S/c1-9(2)10-5-6-16(8-10)19(17,18)13-4-3-11(14)7-12(13)15/h3-4,7,9-10H,5-6,8,15H2,1-2H3. The topological polar surface area (TPSA) is 63.4 Å². The number of nitrogen functional groups attached to an aromatic ring is 1. The molecule has 0 radical (unpaired) electrons. The number of nitrogens with zero attached hydrogens (tertiary/aromatic N) is 1. The Balaban J connectivity index is 2.29. The van der Waals surface area contributed by atoms with Crippen LogP contribution in [-0.4, -0.2) is 25.8 Å². The minimum atomic E-state index is -3.50. The van der Waals surface area contributed by atoms with E-state index in [1.54, 1.807) is 6.07 Å². The van der Waals surface area contributed by atoms with Gasteiger partial charge < -0.3 is 5.73 Å². The fraction of sp³-hybridized carbons (Fsp3) is 0.538. The highest BCUT2D eigenvalue weighted by Gasteiger charge is 2.34. The summed E-state index contributed by atoms with van der Waals surface area (Å²) in [5.74, 6) is 0.908. The van der Waals surface area contributed by atoms with Gasteiger partial charge in [0, 0.05) is 18.1 Å². The molecule has 106 valence electrons. The molecule has 6 heteroatoms. The van der Waals surface area contributed by atoms with Crippen LogP contribution in [0.4, 0.5) is 5.69 Å². The van der Waals surface area contributed by atoms with Crippen molar-refractivity contribution in [3.8, 4) is 0 Å². The van der Waals surface area contributed by atoms with E-state index in [1.165, 1.54) is 16.4 Å². The molecule has 0 saturated carbocycles. The van der Waals surface area contributed by atoms with E-state index < -0.39 is 10.0 Å². The first-order chi connectivity index (χ1) is 8.82. The molecule has 1 aliphatic rings. The molecular formula is C13H19ClN2O2S. The molecule has 19 heavy (non-hydrogen) atoms. The first-order valence-corrected chi connectivity index (χ1v) is 8.19. The second kappa shape index (κ2) is 5.31. The molecule has 1 saturated heterocycles. The third-order valence-corrected chi connectivity index (χ3v) is 5.89. The van der Waals surface area contributed by atoms with Crippen LogP contribution < -0.4 is 5.73 Å². The number of nitrogens with two attached hydrogens (primary N) is 1. The average Bonchev–Trinajstić information content (AvgIpc) is 2.78. The lowest BCUT2D eigenvalue weighted by Crippen LogP contribution is -2.30. The monoisotopic (exact) mass is 302 g/mol. The zero-order valence-corrected chi connectivity index (χ0v) is 12.7. The van der Waals surface area contributed by atoms with E-state index in [0.29, 0.717) is 29.9 Å². The zero-order chi connectivity index (χ0) is 14.2. The molecule has 0 aliphatic carbocycles. The summed E-state index contributed by atoms with van der Waals surface area (Å²) in [7, 11) is -3.50. The second-order valence-corrected chi connectivity index (χ2v) is 7.68. The Morgan fingerprint density at radius 2 is 2.11 bits per heavy atom. The molecule has 0 bridgehead atoms. The highest BCUT2D eigenvalue weighted by Crippen LogP contribution is 2.31. The Morgan fingerprint density at radius 1 is 1.42 bits per heavy atom. The van der Waals surface area contributed by atoms with E-state index in [4.69, 9.17) is 17.3 Å². The molecule has 1 heterocycles. The Kier molecular flexibility index (Phi) is 4.08. The third kappa shape index (κ3) is 2.88. The number of benzene rings is 1. The van der Waals surface area contributed by atoms with Crippen LogP contribution in [0, 0.1) is 11.8 Å². The molecular weight excluding hydrogens is 284 g/mol. The van der Waals surface area contributed by atoms with Crippen molar-refractivity contribution >= 4 is 27.3 Å². The van der Waals surface area contributed by atoms with Crippen LogP contribution in [0.15, 0.2) is 23.1 Å². The molecule has 1 aliphatic heterocycles. The first kappa shape index (κ1) is 14.6. The fourth-order valence-electron chi connectivity index (χ4n) is 2.41. The lowest BCUT2D eigenvalue weighted by atomic mass is 9.96. The maximum atomic E-state index is 12.5. The number of hydrogen-bond donors (Lipinski definition) is 1. The van der Waals surface area contributed by atoms with Crippen molar-refractivity contribution in [2.24, 2.45) is 11.8 Å². The molecule has 2 rings (SSSR count). The molecule has 1 atom stereocenters. The molecule has 2 N–H and O–H groups in total. The average molecular weight is 303 g/mol. The van der Waals surface area contributed by atoms with Crippen molar-refractivity contribution < 1.29 is 8.42 Å². The van der Waals surface area contributed by atoms with Gasteiger partial charge in [-0.15, -0.1) is 0 Å². The van der Waals surface area contributed by atoms with Gasteiger partial charge in [0.05, 0.1) is 5.69 Å². The van der Waals surface area contributed by atoms with Gasteiger partial charge in [0.2, 0.25) is 10.0 Å². The summed E-state index contributed by atoms with van der Waals surface area (Å²) < 4.78 is 26.6. The van der Waals surface area contributed by atoms with Crippen molar-refractivity contribution in [1.82, 2.24) is 4.31 Å². The van der Waals surface area contributed by atoms with Crippen LogP contribution in [-0.2, 0) is 10.0 Å². The SMILES string of the molecule is CC(C)C1CCN(S(=O)(=O)c2ccc(Cl)cc2N)C1. The van der Waals surface area contributed by atoms with E-state index in [-0.39, 0.29) is 10.6 Å². The van der Waals surface area contributed by atoms with Gasteiger partial charge in [-0.25, -0.2) is 8.42 Å². The van der Waals surface area contributed by atoms with E-state index in [2.05, 4.69) is 13.8 Å². The summed E-state index contributed by atoms with van der Waals surface area (Å²) in [6.07, 6.45) is 0.907. The van der Waals surface area contributed by atoms with E-state index in [9.17, 15) is 8.42 Å². The minimum absolute atomic E-state index is 0.154. The van der Waals surface area contributed by atoms with Crippen molar-refractivity contribution in [3.05, 3.63) is 23.2 Å². The van der Waals surface area contributed by atoms with Crippen LogP contribution in [0.5, 0.6) is 0 Å². The molecule has 1 fully saturated rings. The lowest BCUT2D eigenvalue weighted by Gasteiger charge is -2.19. The minimum Gasteiger partial charge on any atom is -0.398 e. The van der Waals surface area contributed by atoms with Gasteiger partial charge in [-0.05, 0) is 36.5 Å². The smallest absolute Gasteiger partial charge is 0.245 e. The highest BCUT2D eigenvalue weighted by atomic mass is 35.5. The molecule has 0 spiro atoms. The van der Waals surface area contributed by atoms with Crippen LogP contribution in [0.1, 0.15) is 20.3 Å². The van der Waals surface area contributed by atoms with Crippen molar-refractivity contribution in [3.63, 3.8) is 0 Å². The number of anilines is 1. The maximum absolute atomic E-state index is 12.5. The molecule has 0 amide bonds. The number of hydrogen-bond acceptors (Lipinski definition) is 3. The third-order valence-electron chi connectivity index (χ3n) is 3.72. The first-order valence-electron chi connectivity index (χ1n) is 6.37. The number of rotatable bonds is 3. The van der Waals surface area contributed by atoms with Crippen LogP contribution >= 0.6 is 11.6 Å². The van der Waals surface area contributed by atoms with Crippen LogP contribution in [0.3, 0.4) is 0 Å². The van der Waals surface area contributed by atoms with E-state index >= 15 is 0 Å². The summed E-state index contributed by atoms with van der Waals surface area (Å²) in [6, 6.07) is 4.51. The zero-order valence-electron chi connectivity index (χ0n) is 11.1. The predicted octanol–water partition coefficient (Wildman–Crippen LogP) is 2.59. The van der Waals surface area contributed by atoms with Crippen molar-refractivity contribution in [2.75, 3.05) is 18.8 Å². The number of sulfonamides is 1. The summed E-state index contributed by atoms with van der Waals surface area (Å²) in [5, 5.41) is 0.443. The Bertz CT molecular complexity index is 572. The lowest BCUT2D eigenvalue weighted by molar-refractivity contribution is 0.388. The van der Waals surface area contributed by atoms with Gasteiger partial charge in [-0.3, -0.25) is 0 Å². The normalized spacial score (nSPS) is 21.2. The van der Waals surface area contributed by atoms with Gasteiger partial charge >= 0.3 is 0 Å². The Labute approximate surface area is 119 Å². The Hall–Kier alpha value is -0.780. The van der Waals surface area contributed by atoms with Gasteiger partial charge in [-0.2, -0.15) is 4.31 Å². The quantitative estimate of drug-likeness (QED) is 0.873. The summed E-state index contributed by atoms with van der Waals surface area (Å²) in [6.45, 7) is 5.38. The summed E-state index contributed by atoms with van der Waals surface area (Å²) >= 11 is 5.80. The predicted molar refractivity (Wildman–Crippen MR) is 77.6 cm³/mol. The summed E-state index contributed by atoms with van der Waals surface area (Å²) in [4.78, 5) is 0.154. The molecule has 1 aromatic rings. The molecule has 1 aromatic carbocycles. The van der Waals surface area contributed by atoms with Crippen LogP contribution in [0.25, 0.3) is 0 Å². The second-order valence-electron chi connectivity index (χ2n) is 5.34. The van der Waals surface area contributed by atoms with Gasteiger partial charge in [0.1, 0.15) is 4.90 Å². The van der Waals surface area contributed by atoms with Crippen LogP contribution in [0.2, 0.25) is 5.02 Å². The van der Waals surface area contributed by atoms with Gasteiger partial charge in [0.25, 0.3) is 0 Å². The molecule has 1 unspecified atom stereocenters. The number of halogens is 1. The largest absolute Gasteiger partial charge is 0.398 e. The van der Waals surface area contributed by atoms with Gasteiger partial charge in [0.15, 0.2) is 0 Å². The molecule has 4 nitrogen and oxygen atoms in total. The van der Waals surface area contributed by atoms with E-state index in [0.717, 1.165) is 6.42 Å². The van der Waals surface area contributed by atoms with Crippen molar-refractivity contribution in [1.29, 1.82) is 0 Å². The summed E-state index contributed by atoms with van der Waals surface area (Å²) in [5.41, 5.74) is 5.99.